The molecule has 0 amide bonds. The number of hydrogen-bond donors (Lipinski definition) is 0. The number of hydrogen-bond acceptors (Lipinski definition) is 2. The summed E-state index contributed by atoms with van der Waals surface area (Å²) >= 11 is 9.37. The Morgan fingerprint density at radius 1 is 1.06 bits per heavy atom. The van der Waals surface area contributed by atoms with Gasteiger partial charge in [0.1, 0.15) is 0 Å². The monoisotopic (exact) mass is 316 g/mol. The number of rotatable bonds is 4. The maximum Gasteiger partial charge on any atom is 0.0351 e. The molecule has 1 saturated heterocycles. The van der Waals surface area contributed by atoms with E-state index in [0.29, 0.717) is 0 Å². The summed E-state index contributed by atoms with van der Waals surface area (Å²) < 4.78 is 1.21. The first-order chi connectivity index (χ1) is 8.29. The predicted molar refractivity (Wildman–Crippen MR) is 76.6 cm³/mol. The number of halogens is 2. The van der Waals surface area contributed by atoms with Crippen molar-refractivity contribution < 1.29 is 0 Å². The van der Waals surface area contributed by atoms with E-state index >= 15 is 0 Å². The van der Waals surface area contributed by atoms with E-state index in [9.17, 15) is 0 Å². The Balaban J connectivity index is 1.84. The zero-order valence-electron chi connectivity index (χ0n) is 9.91. The van der Waals surface area contributed by atoms with Gasteiger partial charge in [0, 0.05) is 49.6 Å². The molecule has 1 aliphatic heterocycles. The smallest absolute Gasteiger partial charge is 0.0351 e. The average molecular weight is 318 g/mol. The summed E-state index contributed by atoms with van der Waals surface area (Å²) in [7, 11) is 0. The van der Waals surface area contributed by atoms with E-state index in [2.05, 4.69) is 50.0 Å². The van der Waals surface area contributed by atoms with Crippen LogP contribution in [0.25, 0.3) is 0 Å². The molecule has 1 aromatic carbocycles. The van der Waals surface area contributed by atoms with Crippen molar-refractivity contribution in [3.63, 3.8) is 0 Å². The first kappa shape index (κ1) is 13.3. The molecule has 2 rings (SSSR count). The topological polar surface area (TPSA) is 6.48 Å². The Kier molecular flexibility index (Phi) is 5.29. The van der Waals surface area contributed by atoms with Gasteiger partial charge >= 0.3 is 0 Å². The average Bonchev–Trinajstić information content (AvgIpc) is 2.35. The van der Waals surface area contributed by atoms with Gasteiger partial charge in [-0.25, -0.2) is 0 Å². The van der Waals surface area contributed by atoms with Gasteiger partial charge in [0.25, 0.3) is 0 Å². The summed E-state index contributed by atoms with van der Waals surface area (Å²) in [5.74, 6) is 0.740. The van der Waals surface area contributed by atoms with E-state index in [1.54, 1.807) is 0 Å². The number of piperazine rings is 1. The van der Waals surface area contributed by atoms with Gasteiger partial charge in [-0.2, -0.15) is 0 Å². The van der Waals surface area contributed by atoms with Crippen LogP contribution in [0.4, 0.5) is 0 Å². The SMILES string of the molecule is ClCCN1CCN(Cc2ccccc2Br)CC1. The lowest BCUT2D eigenvalue weighted by atomic mass is 10.2. The van der Waals surface area contributed by atoms with Crippen LogP contribution < -0.4 is 0 Å². The fourth-order valence-corrected chi connectivity index (χ4v) is 2.81. The van der Waals surface area contributed by atoms with Crippen LogP contribution >= 0.6 is 27.5 Å². The molecule has 0 N–H and O–H groups in total. The highest BCUT2D eigenvalue weighted by molar-refractivity contribution is 9.10. The third kappa shape index (κ3) is 3.95. The van der Waals surface area contributed by atoms with Crippen LogP contribution in [0, 0.1) is 0 Å². The predicted octanol–water partition coefficient (Wildman–Crippen LogP) is 2.81. The van der Waals surface area contributed by atoms with Crippen LogP contribution in [0.5, 0.6) is 0 Å². The molecule has 0 unspecified atom stereocenters. The normalized spacial score (nSPS) is 18.5. The van der Waals surface area contributed by atoms with Gasteiger partial charge in [0.15, 0.2) is 0 Å². The number of nitrogens with zero attached hydrogens (tertiary/aromatic N) is 2. The molecule has 17 heavy (non-hydrogen) atoms. The molecule has 0 bridgehead atoms. The minimum Gasteiger partial charge on any atom is -0.300 e. The zero-order valence-corrected chi connectivity index (χ0v) is 12.3. The molecule has 0 spiro atoms. The largest absolute Gasteiger partial charge is 0.300 e. The summed E-state index contributed by atoms with van der Waals surface area (Å²) in [6.45, 7) is 6.60. The van der Waals surface area contributed by atoms with E-state index in [1.165, 1.54) is 10.0 Å². The van der Waals surface area contributed by atoms with Gasteiger partial charge in [-0.3, -0.25) is 9.80 Å². The van der Waals surface area contributed by atoms with Crippen molar-refractivity contribution >= 4 is 27.5 Å². The fraction of sp³-hybridized carbons (Fsp3) is 0.538. The van der Waals surface area contributed by atoms with E-state index in [-0.39, 0.29) is 0 Å². The number of alkyl halides is 1. The van der Waals surface area contributed by atoms with Gasteiger partial charge in [-0.1, -0.05) is 34.1 Å². The molecule has 0 aliphatic carbocycles. The van der Waals surface area contributed by atoms with Gasteiger partial charge in [-0.15, -0.1) is 11.6 Å². The van der Waals surface area contributed by atoms with Crippen molar-refractivity contribution in [2.45, 2.75) is 6.54 Å². The third-order valence-corrected chi connectivity index (χ3v) is 4.16. The highest BCUT2D eigenvalue weighted by Crippen LogP contribution is 2.18. The van der Waals surface area contributed by atoms with Gasteiger partial charge in [0.05, 0.1) is 0 Å². The summed E-state index contributed by atoms with van der Waals surface area (Å²) in [5.41, 5.74) is 1.37. The Hall–Kier alpha value is -0.0900. The molecular weight excluding hydrogens is 300 g/mol. The van der Waals surface area contributed by atoms with Gasteiger partial charge in [-0.05, 0) is 11.6 Å². The molecule has 1 aromatic rings. The molecular formula is C13H18BrClN2. The molecule has 0 radical (unpaired) electrons. The summed E-state index contributed by atoms with van der Waals surface area (Å²) in [5, 5.41) is 0. The first-order valence-electron chi connectivity index (χ1n) is 6.03. The molecule has 4 heteroatoms. The fourth-order valence-electron chi connectivity index (χ4n) is 2.16. The second-order valence-corrected chi connectivity index (χ2v) is 5.63. The summed E-state index contributed by atoms with van der Waals surface area (Å²) in [4.78, 5) is 4.94. The van der Waals surface area contributed by atoms with Crippen molar-refractivity contribution in [1.29, 1.82) is 0 Å². The second kappa shape index (κ2) is 6.74. The van der Waals surface area contributed by atoms with Crippen LogP contribution in [-0.2, 0) is 6.54 Å². The van der Waals surface area contributed by atoms with E-state index in [1.807, 2.05) is 0 Å². The Bertz CT molecular complexity index is 351. The molecule has 2 nitrogen and oxygen atoms in total. The Morgan fingerprint density at radius 2 is 1.71 bits per heavy atom. The van der Waals surface area contributed by atoms with Crippen LogP contribution in [-0.4, -0.2) is 48.4 Å². The minimum absolute atomic E-state index is 0.740. The molecule has 0 atom stereocenters. The quantitative estimate of drug-likeness (QED) is 0.788. The maximum atomic E-state index is 5.76. The summed E-state index contributed by atoms with van der Waals surface area (Å²) in [6.07, 6.45) is 0. The van der Waals surface area contributed by atoms with Crippen molar-refractivity contribution in [2.24, 2.45) is 0 Å². The Morgan fingerprint density at radius 3 is 2.35 bits per heavy atom. The first-order valence-corrected chi connectivity index (χ1v) is 7.36. The van der Waals surface area contributed by atoms with Crippen molar-refractivity contribution in [3.8, 4) is 0 Å². The van der Waals surface area contributed by atoms with E-state index < -0.39 is 0 Å². The maximum absolute atomic E-state index is 5.76. The van der Waals surface area contributed by atoms with Gasteiger partial charge < -0.3 is 0 Å². The van der Waals surface area contributed by atoms with E-state index in [4.69, 9.17) is 11.6 Å². The molecule has 1 heterocycles. The lowest BCUT2D eigenvalue weighted by Crippen LogP contribution is -2.46. The van der Waals surface area contributed by atoms with Crippen LogP contribution in [0.1, 0.15) is 5.56 Å². The second-order valence-electron chi connectivity index (χ2n) is 4.40. The van der Waals surface area contributed by atoms with Crippen LogP contribution in [0.15, 0.2) is 28.7 Å². The summed E-state index contributed by atoms with van der Waals surface area (Å²) in [6, 6.07) is 8.46. The van der Waals surface area contributed by atoms with Crippen molar-refractivity contribution in [2.75, 3.05) is 38.6 Å². The van der Waals surface area contributed by atoms with Gasteiger partial charge in [0.2, 0.25) is 0 Å². The van der Waals surface area contributed by atoms with E-state index in [0.717, 1.165) is 45.1 Å². The van der Waals surface area contributed by atoms with Crippen molar-refractivity contribution in [1.82, 2.24) is 9.80 Å². The zero-order chi connectivity index (χ0) is 12.1. The van der Waals surface area contributed by atoms with Crippen molar-refractivity contribution in [3.05, 3.63) is 34.3 Å². The minimum atomic E-state index is 0.740. The molecule has 1 fully saturated rings. The molecule has 1 aliphatic rings. The third-order valence-electron chi connectivity index (χ3n) is 3.22. The molecule has 0 saturated carbocycles. The standard InChI is InChI=1S/C13H18BrClN2/c14-13-4-2-1-3-12(13)11-17-9-7-16(6-5-15)8-10-17/h1-4H,5-11H2. The van der Waals surface area contributed by atoms with Crippen LogP contribution in [0.2, 0.25) is 0 Å². The number of benzene rings is 1. The lowest BCUT2D eigenvalue weighted by molar-refractivity contribution is 0.132. The highest BCUT2D eigenvalue weighted by Gasteiger charge is 2.16. The molecule has 0 aromatic heterocycles. The Labute approximate surface area is 117 Å². The van der Waals surface area contributed by atoms with Crippen LogP contribution in [0.3, 0.4) is 0 Å². The molecule has 94 valence electrons. The lowest BCUT2D eigenvalue weighted by Gasteiger charge is -2.34. The highest BCUT2D eigenvalue weighted by atomic mass is 79.9.